The van der Waals surface area contributed by atoms with Crippen LogP contribution in [0.5, 0.6) is 5.88 Å². The molecule has 0 amide bonds. The number of aliphatic hydroxyl groups excluding tert-OH is 1. The number of ether oxygens (including phenoxy) is 1. The van der Waals surface area contributed by atoms with E-state index in [9.17, 15) is 9.65 Å². The fourth-order valence-corrected chi connectivity index (χ4v) is 4.89. The third-order valence-electron chi connectivity index (χ3n) is 4.76. The van der Waals surface area contributed by atoms with Crippen molar-refractivity contribution in [3.8, 4) is 23.1 Å². The van der Waals surface area contributed by atoms with Gasteiger partial charge in [-0.1, -0.05) is 11.8 Å². The van der Waals surface area contributed by atoms with E-state index in [1.165, 1.54) is 41.4 Å². The highest BCUT2D eigenvalue weighted by Gasteiger charge is 2.21. The second-order valence-electron chi connectivity index (χ2n) is 7.15. The number of rotatable bonds is 9. The van der Waals surface area contributed by atoms with Crippen LogP contribution in [-0.2, 0) is 5.75 Å². The molecule has 3 heterocycles. The molecule has 0 atom stereocenters. The second kappa shape index (κ2) is 11.5. The molecule has 0 bridgehead atoms. The molecule has 3 aromatic heterocycles. The Morgan fingerprint density at radius 1 is 1.25 bits per heavy atom. The lowest BCUT2D eigenvalue weighted by molar-refractivity contribution is 0.196. The van der Waals surface area contributed by atoms with E-state index in [1.54, 1.807) is 24.3 Å². The van der Waals surface area contributed by atoms with Crippen LogP contribution in [0.25, 0.3) is 16.0 Å². The summed E-state index contributed by atoms with van der Waals surface area (Å²) < 4.78 is 18.4. The predicted molar refractivity (Wildman–Crippen MR) is 137 cm³/mol. The number of benzene rings is 1. The largest absolute Gasteiger partial charge is 0.475 e. The second-order valence-corrected chi connectivity index (χ2v) is 8.97. The van der Waals surface area contributed by atoms with Gasteiger partial charge >= 0.3 is 0 Å². The number of nitrogens with zero attached hydrogens (tertiary/aromatic N) is 5. The van der Waals surface area contributed by atoms with Crippen LogP contribution < -0.4 is 15.8 Å². The standard InChI is InChI=1S/C24H18FN7O2S2/c1-28-21-20(14-2-7-19(29-11-14)34-9-8-33)18(10-26)23(32-22(21)27)35-12-17-13-36-24(31-17)30-16-5-3-15(25)4-6-16/h2-7,11,13,33H,8-9,12H2,(H2,27,32)(H,30,31). The molecule has 36 heavy (non-hydrogen) atoms. The Balaban J connectivity index is 1.57. The summed E-state index contributed by atoms with van der Waals surface area (Å²) in [6.07, 6.45) is 1.49. The molecule has 0 unspecified atom stereocenters. The summed E-state index contributed by atoms with van der Waals surface area (Å²) in [5, 5.41) is 24.9. The molecule has 4 aromatic rings. The highest BCUT2D eigenvalue weighted by Crippen LogP contribution is 2.41. The van der Waals surface area contributed by atoms with E-state index >= 15 is 0 Å². The van der Waals surface area contributed by atoms with E-state index in [0.29, 0.717) is 38.6 Å². The van der Waals surface area contributed by atoms with Crippen LogP contribution in [0.15, 0.2) is 53.0 Å². The zero-order valence-electron chi connectivity index (χ0n) is 18.6. The minimum Gasteiger partial charge on any atom is -0.475 e. The van der Waals surface area contributed by atoms with Gasteiger partial charge < -0.3 is 20.9 Å². The van der Waals surface area contributed by atoms with Crippen molar-refractivity contribution in [2.45, 2.75) is 10.8 Å². The topological polar surface area (TPSA) is 134 Å². The van der Waals surface area contributed by atoms with Gasteiger partial charge in [0.2, 0.25) is 11.6 Å². The Morgan fingerprint density at radius 3 is 2.72 bits per heavy atom. The van der Waals surface area contributed by atoms with Crippen molar-refractivity contribution in [1.29, 1.82) is 5.26 Å². The van der Waals surface area contributed by atoms with Crippen LogP contribution in [0.3, 0.4) is 0 Å². The van der Waals surface area contributed by atoms with Crippen molar-refractivity contribution in [2.75, 3.05) is 24.3 Å². The third kappa shape index (κ3) is 5.70. The van der Waals surface area contributed by atoms with E-state index in [-0.39, 0.29) is 36.1 Å². The number of hydrogen-bond donors (Lipinski definition) is 3. The average molecular weight is 520 g/mol. The van der Waals surface area contributed by atoms with Crippen LogP contribution >= 0.6 is 23.1 Å². The summed E-state index contributed by atoms with van der Waals surface area (Å²) in [4.78, 5) is 16.5. The Morgan fingerprint density at radius 2 is 2.06 bits per heavy atom. The number of thiazole rings is 1. The van der Waals surface area contributed by atoms with Crippen LogP contribution in [0.4, 0.5) is 26.7 Å². The van der Waals surface area contributed by atoms with Gasteiger partial charge in [0, 0.05) is 34.6 Å². The van der Waals surface area contributed by atoms with Gasteiger partial charge in [-0.2, -0.15) is 5.26 Å². The molecule has 0 saturated carbocycles. The smallest absolute Gasteiger partial charge is 0.237 e. The van der Waals surface area contributed by atoms with E-state index in [4.69, 9.17) is 22.1 Å². The lowest BCUT2D eigenvalue weighted by Crippen LogP contribution is -2.03. The van der Waals surface area contributed by atoms with Gasteiger partial charge in [-0.15, -0.1) is 11.3 Å². The average Bonchev–Trinajstić information content (AvgIpc) is 3.34. The maximum Gasteiger partial charge on any atom is 0.237 e. The molecule has 9 nitrogen and oxygen atoms in total. The first-order valence-electron chi connectivity index (χ1n) is 10.4. The van der Waals surface area contributed by atoms with Crippen LogP contribution in [0.1, 0.15) is 11.3 Å². The number of nitrogen functional groups attached to an aromatic ring is 1. The fraction of sp³-hybridized carbons (Fsp3) is 0.125. The van der Waals surface area contributed by atoms with E-state index < -0.39 is 0 Å². The van der Waals surface area contributed by atoms with Crippen molar-refractivity contribution >= 4 is 45.4 Å². The molecule has 180 valence electrons. The maximum atomic E-state index is 13.1. The number of aromatic nitrogens is 3. The van der Waals surface area contributed by atoms with Gasteiger partial charge in [-0.3, -0.25) is 0 Å². The van der Waals surface area contributed by atoms with Crippen LogP contribution in [-0.4, -0.2) is 33.3 Å². The summed E-state index contributed by atoms with van der Waals surface area (Å²) in [6, 6.07) is 11.4. The van der Waals surface area contributed by atoms with Gasteiger partial charge in [0.05, 0.1) is 24.4 Å². The maximum absolute atomic E-state index is 13.1. The van der Waals surface area contributed by atoms with Gasteiger partial charge in [0.15, 0.2) is 5.13 Å². The normalized spacial score (nSPS) is 10.4. The predicted octanol–water partition coefficient (Wildman–Crippen LogP) is 5.15. The number of nitriles is 1. The molecule has 4 N–H and O–H groups in total. The molecule has 1 aromatic carbocycles. The molecule has 0 aliphatic rings. The molecule has 4 rings (SSSR count). The first-order chi connectivity index (χ1) is 17.5. The molecule has 0 fully saturated rings. The Kier molecular flexibility index (Phi) is 7.92. The highest BCUT2D eigenvalue weighted by atomic mass is 32.2. The number of nitrogens with two attached hydrogens (primary N) is 1. The molecular formula is C24H18FN7O2S2. The van der Waals surface area contributed by atoms with Crippen molar-refractivity contribution in [1.82, 2.24) is 15.0 Å². The Hall–Kier alpha value is -4.23. The number of nitrogens with one attached hydrogen (secondary N) is 1. The first kappa shape index (κ1) is 24.9. The van der Waals surface area contributed by atoms with Gasteiger partial charge in [0.25, 0.3) is 0 Å². The van der Waals surface area contributed by atoms with Crippen LogP contribution in [0, 0.1) is 23.7 Å². The third-order valence-corrected chi connectivity index (χ3v) is 6.57. The van der Waals surface area contributed by atoms with Crippen LogP contribution in [0.2, 0.25) is 0 Å². The number of thioether (sulfide) groups is 1. The van der Waals surface area contributed by atoms with E-state index in [2.05, 4.69) is 31.2 Å². The number of hydrogen-bond acceptors (Lipinski definition) is 10. The first-order valence-corrected chi connectivity index (χ1v) is 12.3. The molecule has 0 saturated heterocycles. The highest BCUT2D eigenvalue weighted by molar-refractivity contribution is 7.98. The summed E-state index contributed by atoms with van der Waals surface area (Å²) in [6.45, 7) is 7.53. The van der Waals surface area contributed by atoms with Crippen molar-refractivity contribution in [3.63, 3.8) is 0 Å². The lowest BCUT2D eigenvalue weighted by Gasteiger charge is -2.13. The van der Waals surface area contributed by atoms with Crippen molar-refractivity contribution < 1.29 is 14.2 Å². The molecule has 0 aliphatic heterocycles. The minimum absolute atomic E-state index is 0.0130. The molecule has 0 radical (unpaired) electrons. The van der Waals surface area contributed by atoms with Crippen molar-refractivity contribution in [3.05, 3.63) is 76.5 Å². The monoisotopic (exact) mass is 519 g/mol. The number of aliphatic hydroxyl groups is 1. The SMILES string of the molecule is [C-]#[N+]c1c(N)nc(SCc2csc(Nc3ccc(F)cc3)n2)c(C#N)c1-c1ccc(OCCO)nc1. The summed E-state index contributed by atoms with van der Waals surface area (Å²) >= 11 is 2.67. The zero-order chi connectivity index (χ0) is 25.5. The van der Waals surface area contributed by atoms with Crippen molar-refractivity contribution in [2.24, 2.45) is 0 Å². The molecular weight excluding hydrogens is 501 g/mol. The van der Waals surface area contributed by atoms with E-state index in [0.717, 1.165) is 5.69 Å². The molecule has 0 aliphatic carbocycles. The van der Waals surface area contributed by atoms with Gasteiger partial charge in [0.1, 0.15) is 29.3 Å². The lowest BCUT2D eigenvalue weighted by atomic mass is 10.0. The number of anilines is 3. The van der Waals surface area contributed by atoms with Gasteiger partial charge in [-0.25, -0.2) is 24.2 Å². The fourth-order valence-electron chi connectivity index (χ4n) is 3.17. The number of pyridine rings is 2. The summed E-state index contributed by atoms with van der Waals surface area (Å²) in [5.74, 6) is 0.410. The Labute approximate surface area is 214 Å². The van der Waals surface area contributed by atoms with E-state index in [1.807, 2.05) is 5.38 Å². The summed E-state index contributed by atoms with van der Waals surface area (Å²) in [5.41, 5.74) is 8.70. The quantitative estimate of drug-likeness (QED) is 0.203. The minimum atomic E-state index is -0.317. The van der Waals surface area contributed by atoms with Gasteiger partial charge in [-0.05, 0) is 35.9 Å². The number of halogens is 1. The Bertz CT molecular complexity index is 1450. The zero-order valence-corrected chi connectivity index (χ0v) is 20.2. The summed E-state index contributed by atoms with van der Waals surface area (Å²) in [7, 11) is 0. The molecule has 12 heteroatoms. The molecule has 0 spiro atoms.